The number of benzene rings is 2. The molecule has 1 aliphatic rings. The molecule has 3 rings (SSSR count). The zero-order valence-electron chi connectivity index (χ0n) is 14.3. The van der Waals surface area contributed by atoms with Gasteiger partial charge in [-0.15, -0.1) is 0 Å². The van der Waals surface area contributed by atoms with Gasteiger partial charge in [0, 0.05) is 23.8 Å². The number of urea groups is 1. The van der Waals surface area contributed by atoms with Crippen LogP contribution in [0.3, 0.4) is 0 Å². The van der Waals surface area contributed by atoms with Crippen molar-refractivity contribution in [3.8, 4) is 0 Å². The molecule has 0 atom stereocenters. The van der Waals surface area contributed by atoms with Gasteiger partial charge < -0.3 is 16.0 Å². The van der Waals surface area contributed by atoms with E-state index < -0.39 is 0 Å². The number of hydrogen-bond donors (Lipinski definition) is 3. The molecule has 130 valence electrons. The van der Waals surface area contributed by atoms with Gasteiger partial charge in [0.25, 0.3) is 0 Å². The van der Waals surface area contributed by atoms with Crippen molar-refractivity contribution in [3.05, 3.63) is 59.7 Å². The first-order valence-corrected chi connectivity index (χ1v) is 8.61. The van der Waals surface area contributed by atoms with Crippen molar-refractivity contribution in [1.82, 2.24) is 5.32 Å². The number of aryl methyl sites for hydroxylation is 2. The number of carbonyl (C=O) groups is 2. The van der Waals surface area contributed by atoms with E-state index in [1.54, 1.807) is 24.3 Å². The molecule has 0 unspecified atom stereocenters. The fourth-order valence-corrected chi connectivity index (χ4v) is 2.57. The van der Waals surface area contributed by atoms with E-state index in [2.05, 4.69) is 22.0 Å². The average Bonchev–Trinajstić information content (AvgIpc) is 3.39. The van der Waals surface area contributed by atoms with Crippen LogP contribution in [0.1, 0.15) is 30.4 Å². The minimum Gasteiger partial charge on any atom is -0.335 e. The summed E-state index contributed by atoms with van der Waals surface area (Å²) in [5.74, 6) is -0.0197. The molecule has 5 nitrogen and oxygen atoms in total. The van der Waals surface area contributed by atoms with Crippen molar-refractivity contribution in [2.75, 3.05) is 10.6 Å². The predicted octanol–water partition coefficient (Wildman–Crippen LogP) is 3.85. The Morgan fingerprint density at radius 1 is 1.00 bits per heavy atom. The molecule has 5 heteroatoms. The van der Waals surface area contributed by atoms with Gasteiger partial charge in [0.05, 0.1) is 0 Å². The lowest BCUT2D eigenvalue weighted by Crippen LogP contribution is -2.30. The first-order chi connectivity index (χ1) is 12.1. The van der Waals surface area contributed by atoms with Crippen LogP contribution in [0.4, 0.5) is 16.2 Å². The molecule has 0 spiro atoms. The Kier molecular flexibility index (Phi) is 5.33. The van der Waals surface area contributed by atoms with Crippen molar-refractivity contribution >= 4 is 23.3 Å². The third kappa shape index (κ3) is 5.64. The second kappa shape index (κ2) is 7.83. The monoisotopic (exact) mass is 337 g/mol. The molecule has 0 heterocycles. The first-order valence-electron chi connectivity index (χ1n) is 8.61. The van der Waals surface area contributed by atoms with Crippen LogP contribution in [0.25, 0.3) is 0 Å². The Morgan fingerprint density at radius 3 is 2.32 bits per heavy atom. The summed E-state index contributed by atoms with van der Waals surface area (Å²) in [5.41, 5.74) is 3.79. The second-order valence-electron chi connectivity index (χ2n) is 6.49. The minimum atomic E-state index is -0.183. The zero-order valence-corrected chi connectivity index (χ0v) is 14.3. The fourth-order valence-electron chi connectivity index (χ4n) is 2.57. The highest BCUT2D eigenvalue weighted by molar-refractivity contribution is 5.92. The number of anilines is 2. The van der Waals surface area contributed by atoms with Crippen LogP contribution in [0.15, 0.2) is 48.5 Å². The molecule has 0 aromatic heterocycles. The van der Waals surface area contributed by atoms with E-state index >= 15 is 0 Å². The molecular formula is C20H23N3O2. The van der Waals surface area contributed by atoms with Crippen molar-refractivity contribution in [2.45, 2.75) is 38.6 Å². The van der Waals surface area contributed by atoms with E-state index in [4.69, 9.17) is 0 Å². The zero-order chi connectivity index (χ0) is 17.6. The third-order valence-corrected chi connectivity index (χ3v) is 4.06. The number of rotatable bonds is 6. The van der Waals surface area contributed by atoms with Gasteiger partial charge in [-0.05, 0) is 56.0 Å². The van der Waals surface area contributed by atoms with E-state index in [1.807, 2.05) is 25.1 Å². The average molecular weight is 337 g/mol. The summed E-state index contributed by atoms with van der Waals surface area (Å²) in [6.45, 7) is 2.05. The fraction of sp³-hybridized carbons (Fsp3) is 0.300. The van der Waals surface area contributed by atoms with Gasteiger partial charge in [0.1, 0.15) is 0 Å². The van der Waals surface area contributed by atoms with Gasteiger partial charge in [-0.25, -0.2) is 4.79 Å². The van der Waals surface area contributed by atoms with Crippen LogP contribution in [0.5, 0.6) is 0 Å². The smallest absolute Gasteiger partial charge is 0.319 e. The highest BCUT2D eigenvalue weighted by Gasteiger charge is 2.23. The van der Waals surface area contributed by atoms with Crippen LogP contribution < -0.4 is 16.0 Å². The first kappa shape index (κ1) is 17.0. The molecule has 3 N–H and O–H groups in total. The van der Waals surface area contributed by atoms with Crippen molar-refractivity contribution < 1.29 is 9.59 Å². The van der Waals surface area contributed by atoms with Gasteiger partial charge in [0.2, 0.25) is 5.91 Å². The lowest BCUT2D eigenvalue weighted by atomic mass is 10.1. The lowest BCUT2D eigenvalue weighted by molar-refractivity contribution is -0.116. The molecule has 0 radical (unpaired) electrons. The number of nitrogens with one attached hydrogen (secondary N) is 3. The molecule has 2 aromatic carbocycles. The summed E-state index contributed by atoms with van der Waals surface area (Å²) in [4.78, 5) is 23.7. The molecule has 0 aliphatic heterocycles. The topological polar surface area (TPSA) is 70.2 Å². The Hall–Kier alpha value is -2.82. The van der Waals surface area contributed by atoms with E-state index in [0.717, 1.165) is 24.1 Å². The molecule has 3 amide bonds. The van der Waals surface area contributed by atoms with Crippen LogP contribution in [-0.2, 0) is 11.2 Å². The van der Waals surface area contributed by atoms with Gasteiger partial charge in [-0.1, -0.05) is 29.8 Å². The molecule has 25 heavy (non-hydrogen) atoms. The van der Waals surface area contributed by atoms with E-state index in [1.165, 1.54) is 5.56 Å². The summed E-state index contributed by atoms with van der Waals surface area (Å²) in [6.07, 6.45) is 3.27. The van der Waals surface area contributed by atoms with E-state index in [-0.39, 0.29) is 11.9 Å². The molecule has 0 bridgehead atoms. The molecule has 1 fully saturated rings. The van der Waals surface area contributed by atoms with Crippen molar-refractivity contribution in [2.24, 2.45) is 0 Å². The van der Waals surface area contributed by atoms with Crippen LogP contribution in [0.2, 0.25) is 0 Å². The third-order valence-electron chi connectivity index (χ3n) is 4.06. The maximum Gasteiger partial charge on any atom is 0.319 e. The van der Waals surface area contributed by atoms with Gasteiger partial charge in [-0.3, -0.25) is 4.79 Å². The van der Waals surface area contributed by atoms with Crippen LogP contribution in [-0.4, -0.2) is 18.0 Å². The Bertz CT molecular complexity index is 752. The maximum absolute atomic E-state index is 12.1. The SMILES string of the molecule is Cc1cccc(CCC(=O)Nc2ccc(NC(=O)NC3CC3)cc2)c1. The number of hydrogen-bond acceptors (Lipinski definition) is 2. The number of carbonyl (C=O) groups excluding carboxylic acids is 2. The molecule has 1 saturated carbocycles. The highest BCUT2D eigenvalue weighted by Crippen LogP contribution is 2.19. The van der Waals surface area contributed by atoms with E-state index in [9.17, 15) is 9.59 Å². The molecule has 2 aromatic rings. The van der Waals surface area contributed by atoms with Crippen molar-refractivity contribution in [3.63, 3.8) is 0 Å². The molecule has 0 saturated heterocycles. The summed E-state index contributed by atoms with van der Waals surface area (Å²) in [5, 5.41) is 8.53. The largest absolute Gasteiger partial charge is 0.335 e. The normalized spacial score (nSPS) is 13.2. The van der Waals surface area contributed by atoms with Gasteiger partial charge in [0.15, 0.2) is 0 Å². The number of amides is 3. The van der Waals surface area contributed by atoms with E-state index in [0.29, 0.717) is 24.6 Å². The quantitative estimate of drug-likeness (QED) is 0.749. The van der Waals surface area contributed by atoms with Crippen LogP contribution >= 0.6 is 0 Å². The summed E-state index contributed by atoms with van der Waals surface area (Å²) in [6, 6.07) is 15.5. The Labute approximate surface area is 147 Å². The summed E-state index contributed by atoms with van der Waals surface area (Å²) >= 11 is 0. The van der Waals surface area contributed by atoms with Crippen molar-refractivity contribution in [1.29, 1.82) is 0 Å². The minimum absolute atomic E-state index is 0.0197. The Balaban J connectivity index is 1.45. The predicted molar refractivity (Wildman–Crippen MR) is 99.7 cm³/mol. The molecular weight excluding hydrogens is 314 g/mol. The Morgan fingerprint density at radius 2 is 1.68 bits per heavy atom. The summed E-state index contributed by atoms with van der Waals surface area (Å²) in [7, 11) is 0. The lowest BCUT2D eigenvalue weighted by Gasteiger charge is -2.09. The second-order valence-corrected chi connectivity index (χ2v) is 6.49. The molecule has 1 aliphatic carbocycles. The summed E-state index contributed by atoms with van der Waals surface area (Å²) < 4.78 is 0. The maximum atomic E-state index is 12.1. The highest BCUT2D eigenvalue weighted by atomic mass is 16.2. The van der Waals surface area contributed by atoms with Crippen LogP contribution in [0, 0.1) is 6.92 Å². The van der Waals surface area contributed by atoms with Gasteiger partial charge in [-0.2, -0.15) is 0 Å². The van der Waals surface area contributed by atoms with Gasteiger partial charge >= 0.3 is 6.03 Å². The standard InChI is InChI=1S/C20H23N3O2/c1-14-3-2-4-15(13-14)5-12-19(24)21-16-6-8-17(9-7-16)22-20(25)23-18-10-11-18/h2-4,6-9,13,18H,5,10-12H2,1H3,(H,21,24)(H2,22,23,25).